The van der Waals surface area contributed by atoms with E-state index in [0.717, 1.165) is 18.7 Å². The Bertz CT molecular complexity index is 755. The lowest BCUT2D eigenvalue weighted by Gasteiger charge is -2.29. The van der Waals surface area contributed by atoms with E-state index in [9.17, 15) is 9.18 Å². The number of benzene rings is 2. The lowest BCUT2D eigenvalue weighted by Crippen LogP contribution is -2.29. The van der Waals surface area contributed by atoms with Crippen LogP contribution in [-0.4, -0.2) is 26.1 Å². The highest BCUT2D eigenvalue weighted by molar-refractivity contribution is 5.94. The Morgan fingerprint density at radius 1 is 1.12 bits per heavy atom. The van der Waals surface area contributed by atoms with Crippen LogP contribution in [0.4, 0.5) is 10.1 Å². The SMILES string of the molecule is COc1ccc(C(=O)NC(C)c2ccc(N3CCCCC3)cc2)cc1F. The molecule has 2 aromatic carbocycles. The van der Waals surface area contributed by atoms with E-state index in [0.29, 0.717) is 0 Å². The molecule has 4 nitrogen and oxygen atoms in total. The van der Waals surface area contributed by atoms with Crippen LogP contribution < -0.4 is 15.0 Å². The molecule has 1 amide bonds. The van der Waals surface area contributed by atoms with Gasteiger partial charge in [-0.15, -0.1) is 0 Å². The Hall–Kier alpha value is -2.56. The van der Waals surface area contributed by atoms with Gasteiger partial charge in [-0.1, -0.05) is 12.1 Å². The Balaban J connectivity index is 1.64. The number of amides is 1. The van der Waals surface area contributed by atoms with Crippen LogP contribution in [0.25, 0.3) is 0 Å². The fourth-order valence-electron chi connectivity index (χ4n) is 3.30. The van der Waals surface area contributed by atoms with Crippen molar-refractivity contribution in [1.29, 1.82) is 0 Å². The summed E-state index contributed by atoms with van der Waals surface area (Å²) in [6, 6.07) is 12.4. The molecule has 0 saturated carbocycles. The van der Waals surface area contributed by atoms with Crippen LogP contribution in [0.15, 0.2) is 42.5 Å². The maximum absolute atomic E-state index is 13.8. The van der Waals surface area contributed by atoms with Crippen molar-refractivity contribution in [3.8, 4) is 5.75 Å². The number of ether oxygens (including phenoxy) is 1. The van der Waals surface area contributed by atoms with Crippen LogP contribution in [-0.2, 0) is 0 Å². The highest BCUT2D eigenvalue weighted by Crippen LogP contribution is 2.23. The fraction of sp³-hybridized carbons (Fsp3) is 0.381. The van der Waals surface area contributed by atoms with Gasteiger partial charge in [-0.2, -0.15) is 0 Å². The largest absolute Gasteiger partial charge is 0.494 e. The fourth-order valence-corrected chi connectivity index (χ4v) is 3.30. The summed E-state index contributed by atoms with van der Waals surface area (Å²) in [5.41, 5.74) is 2.53. The molecule has 1 unspecified atom stereocenters. The van der Waals surface area contributed by atoms with Crippen LogP contribution in [0, 0.1) is 5.82 Å². The van der Waals surface area contributed by atoms with Gasteiger partial charge in [-0.25, -0.2) is 4.39 Å². The second kappa shape index (κ2) is 8.21. The van der Waals surface area contributed by atoms with E-state index in [1.165, 1.54) is 44.2 Å². The van der Waals surface area contributed by atoms with Crippen molar-refractivity contribution in [3.63, 3.8) is 0 Å². The van der Waals surface area contributed by atoms with Gasteiger partial charge in [0.05, 0.1) is 13.2 Å². The quantitative estimate of drug-likeness (QED) is 0.868. The van der Waals surface area contributed by atoms with Gasteiger partial charge < -0.3 is 15.0 Å². The molecule has 3 rings (SSSR count). The number of nitrogens with zero attached hydrogens (tertiary/aromatic N) is 1. The van der Waals surface area contributed by atoms with E-state index in [1.54, 1.807) is 6.07 Å². The predicted octanol–water partition coefficient (Wildman–Crippen LogP) is 4.32. The number of piperidine rings is 1. The topological polar surface area (TPSA) is 41.6 Å². The minimum absolute atomic E-state index is 0.128. The first kappa shape index (κ1) is 18.2. The number of nitrogens with one attached hydrogen (secondary N) is 1. The number of methoxy groups -OCH3 is 1. The standard InChI is InChI=1S/C21H25FN2O2/c1-15(23-21(25)17-8-11-20(26-2)19(22)14-17)16-6-9-18(10-7-16)24-12-4-3-5-13-24/h6-11,14-15H,3-5,12-13H2,1-2H3,(H,23,25). The number of rotatable bonds is 5. The van der Waals surface area contributed by atoms with Crippen molar-refractivity contribution in [1.82, 2.24) is 5.32 Å². The van der Waals surface area contributed by atoms with E-state index in [1.807, 2.05) is 19.1 Å². The molecule has 5 heteroatoms. The monoisotopic (exact) mass is 356 g/mol. The molecule has 138 valence electrons. The number of carbonyl (C=O) groups is 1. The molecule has 26 heavy (non-hydrogen) atoms. The second-order valence-corrected chi connectivity index (χ2v) is 6.68. The third kappa shape index (κ3) is 4.15. The molecule has 1 heterocycles. The van der Waals surface area contributed by atoms with Crippen LogP contribution in [0.5, 0.6) is 5.75 Å². The van der Waals surface area contributed by atoms with E-state index in [-0.39, 0.29) is 23.3 Å². The molecule has 2 aromatic rings. The van der Waals surface area contributed by atoms with Gasteiger partial charge in [0.15, 0.2) is 11.6 Å². The number of hydrogen-bond donors (Lipinski definition) is 1. The lowest BCUT2D eigenvalue weighted by molar-refractivity contribution is 0.0939. The van der Waals surface area contributed by atoms with Crippen LogP contribution in [0.3, 0.4) is 0 Å². The summed E-state index contributed by atoms with van der Waals surface area (Å²) in [6.45, 7) is 4.14. The van der Waals surface area contributed by atoms with E-state index in [2.05, 4.69) is 22.3 Å². The van der Waals surface area contributed by atoms with E-state index >= 15 is 0 Å². The van der Waals surface area contributed by atoms with Crippen molar-refractivity contribution in [3.05, 3.63) is 59.4 Å². The van der Waals surface area contributed by atoms with Crippen LogP contribution >= 0.6 is 0 Å². The van der Waals surface area contributed by atoms with Gasteiger partial charge in [0.25, 0.3) is 5.91 Å². The third-order valence-corrected chi connectivity index (χ3v) is 4.88. The molecule has 1 N–H and O–H groups in total. The van der Waals surface area contributed by atoms with Gasteiger partial charge in [-0.3, -0.25) is 4.79 Å². The third-order valence-electron chi connectivity index (χ3n) is 4.88. The Morgan fingerprint density at radius 2 is 1.81 bits per heavy atom. The van der Waals surface area contributed by atoms with Crippen molar-refractivity contribution in [2.75, 3.05) is 25.1 Å². The van der Waals surface area contributed by atoms with Crippen molar-refractivity contribution >= 4 is 11.6 Å². The molecule has 0 radical (unpaired) electrons. The number of carbonyl (C=O) groups excluding carboxylic acids is 1. The van der Waals surface area contributed by atoms with Crippen molar-refractivity contribution in [2.45, 2.75) is 32.2 Å². The van der Waals surface area contributed by atoms with E-state index < -0.39 is 5.82 Å². The number of halogens is 1. The molecule has 0 bridgehead atoms. The van der Waals surface area contributed by atoms with Gasteiger partial charge in [0, 0.05) is 24.3 Å². The second-order valence-electron chi connectivity index (χ2n) is 6.68. The summed E-state index contributed by atoms with van der Waals surface area (Å²) in [4.78, 5) is 14.8. The Morgan fingerprint density at radius 3 is 2.42 bits per heavy atom. The molecule has 0 spiro atoms. The zero-order chi connectivity index (χ0) is 18.5. The first-order chi connectivity index (χ1) is 12.6. The smallest absolute Gasteiger partial charge is 0.251 e. The zero-order valence-electron chi connectivity index (χ0n) is 15.3. The molecule has 1 saturated heterocycles. The summed E-state index contributed by atoms with van der Waals surface area (Å²) < 4.78 is 18.7. The minimum atomic E-state index is -0.543. The Kier molecular flexibility index (Phi) is 5.76. The lowest BCUT2D eigenvalue weighted by atomic mass is 10.1. The number of anilines is 1. The highest BCUT2D eigenvalue weighted by Gasteiger charge is 2.15. The molecule has 1 aliphatic rings. The average molecular weight is 356 g/mol. The van der Waals surface area contributed by atoms with Crippen LogP contribution in [0.2, 0.25) is 0 Å². The first-order valence-electron chi connectivity index (χ1n) is 9.08. The predicted molar refractivity (Wildman–Crippen MR) is 101 cm³/mol. The summed E-state index contributed by atoms with van der Waals surface area (Å²) >= 11 is 0. The molecule has 0 aromatic heterocycles. The Labute approximate surface area is 154 Å². The van der Waals surface area contributed by atoms with Crippen molar-refractivity contribution < 1.29 is 13.9 Å². The summed E-state index contributed by atoms with van der Waals surface area (Å²) in [7, 11) is 1.40. The summed E-state index contributed by atoms with van der Waals surface area (Å²) in [5, 5.41) is 2.92. The molecule has 1 atom stereocenters. The number of hydrogen-bond acceptors (Lipinski definition) is 3. The highest BCUT2D eigenvalue weighted by atomic mass is 19.1. The normalized spacial score (nSPS) is 15.4. The molecule has 1 fully saturated rings. The minimum Gasteiger partial charge on any atom is -0.494 e. The maximum atomic E-state index is 13.8. The van der Waals surface area contributed by atoms with Crippen molar-refractivity contribution in [2.24, 2.45) is 0 Å². The first-order valence-corrected chi connectivity index (χ1v) is 9.08. The average Bonchev–Trinajstić information content (AvgIpc) is 2.68. The van der Waals surface area contributed by atoms with Gasteiger partial charge in [0.1, 0.15) is 0 Å². The van der Waals surface area contributed by atoms with Gasteiger partial charge >= 0.3 is 0 Å². The van der Waals surface area contributed by atoms with E-state index in [4.69, 9.17) is 4.74 Å². The molecule has 1 aliphatic heterocycles. The van der Waals surface area contributed by atoms with Gasteiger partial charge in [0.2, 0.25) is 0 Å². The molecule has 0 aliphatic carbocycles. The maximum Gasteiger partial charge on any atom is 0.251 e. The zero-order valence-corrected chi connectivity index (χ0v) is 15.3. The van der Waals surface area contributed by atoms with Crippen LogP contribution in [0.1, 0.15) is 48.1 Å². The summed E-state index contributed by atoms with van der Waals surface area (Å²) in [5.74, 6) is -0.722. The molecular formula is C21H25FN2O2. The van der Waals surface area contributed by atoms with Gasteiger partial charge in [-0.05, 0) is 62.1 Å². The molecular weight excluding hydrogens is 331 g/mol. The summed E-state index contributed by atoms with van der Waals surface area (Å²) in [6.07, 6.45) is 3.79.